The Hall–Kier alpha value is -0.790. The van der Waals surface area contributed by atoms with Gasteiger partial charge in [0.15, 0.2) is 0 Å². The number of benzene rings is 1. The molecule has 12 heavy (non-hydrogen) atoms. The molecule has 0 aliphatic carbocycles. The summed E-state index contributed by atoms with van der Waals surface area (Å²) in [7, 11) is 0. The largest absolute Gasteiger partial charge is 0.396 e. The maximum Gasteiger partial charge on any atom is 0.0466 e. The van der Waals surface area contributed by atoms with E-state index in [0.717, 1.165) is 5.56 Å². The number of aliphatic hydroxyl groups excluding tert-OH is 1. The summed E-state index contributed by atoms with van der Waals surface area (Å²) in [4.78, 5) is 0. The average molecular weight is 183 g/mol. The van der Waals surface area contributed by atoms with Gasteiger partial charge in [-0.1, -0.05) is 48.0 Å². The Morgan fingerprint density at radius 2 is 2.00 bits per heavy atom. The second-order valence-corrected chi connectivity index (χ2v) is 2.84. The minimum atomic E-state index is 0.142. The maximum absolute atomic E-state index is 8.56. The Balaban J connectivity index is 2.71. The quantitative estimate of drug-likeness (QED) is 0.762. The van der Waals surface area contributed by atoms with Gasteiger partial charge in [0.05, 0.1) is 0 Å². The van der Waals surface area contributed by atoms with Crippen LogP contribution in [0.15, 0.2) is 36.4 Å². The van der Waals surface area contributed by atoms with Crippen LogP contribution in [0.1, 0.15) is 12.0 Å². The number of hydrogen-bond acceptors (Lipinski definition) is 1. The zero-order valence-corrected chi connectivity index (χ0v) is 7.46. The van der Waals surface area contributed by atoms with Gasteiger partial charge in [-0.05, 0) is 12.0 Å². The van der Waals surface area contributed by atoms with Crippen molar-refractivity contribution in [3.05, 3.63) is 42.0 Å². The van der Waals surface area contributed by atoms with Crippen LogP contribution in [-0.2, 0) is 0 Å². The molecule has 0 atom stereocenters. The van der Waals surface area contributed by atoms with Crippen molar-refractivity contribution in [1.29, 1.82) is 0 Å². The molecule has 0 saturated heterocycles. The molecule has 0 saturated carbocycles. The molecule has 64 valence electrons. The summed E-state index contributed by atoms with van der Waals surface area (Å²) >= 11 is 5.93. The predicted molar refractivity (Wildman–Crippen MR) is 52.0 cm³/mol. The maximum atomic E-state index is 8.56. The van der Waals surface area contributed by atoms with Crippen LogP contribution in [0.4, 0.5) is 0 Å². The number of aliphatic hydroxyl groups is 1. The Labute approximate surface area is 77.3 Å². The topological polar surface area (TPSA) is 20.2 Å². The zero-order chi connectivity index (χ0) is 8.81. The highest BCUT2D eigenvalue weighted by Gasteiger charge is 1.93. The molecule has 1 aromatic carbocycles. The molecular formula is C10H11ClO. The Kier molecular flexibility index (Phi) is 3.85. The first-order valence-corrected chi connectivity index (χ1v) is 4.24. The van der Waals surface area contributed by atoms with Gasteiger partial charge in [-0.25, -0.2) is 0 Å². The van der Waals surface area contributed by atoms with E-state index >= 15 is 0 Å². The van der Waals surface area contributed by atoms with Gasteiger partial charge in [0.25, 0.3) is 0 Å². The minimum absolute atomic E-state index is 0.142. The third-order valence-electron chi connectivity index (χ3n) is 1.50. The standard InChI is InChI=1S/C10H11ClO/c11-10(7-4-8-12)9-5-2-1-3-6-9/h1-3,5-7,12H,4,8H2/b10-7+. The van der Waals surface area contributed by atoms with Crippen molar-refractivity contribution in [3.8, 4) is 0 Å². The van der Waals surface area contributed by atoms with Gasteiger partial charge in [0.1, 0.15) is 0 Å². The van der Waals surface area contributed by atoms with Crippen LogP contribution in [0.3, 0.4) is 0 Å². The highest BCUT2D eigenvalue weighted by molar-refractivity contribution is 6.48. The van der Waals surface area contributed by atoms with Crippen molar-refractivity contribution in [2.24, 2.45) is 0 Å². The molecular weight excluding hydrogens is 172 g/mol. The van der Waals surface area contributed by atoms with E-state index in [-0.39, 0.29) is 6.61 Å². The third-order valence-corrected chi connectivity index (χ3v) is 1.87. The van der Waals surface area contributed by atoms with Crippen molar-refractivity contribution < 1.29 is 5.11 Å². The molecule has 1 N–H and O–H groups in total. The first-order valence-electron chi connectivity index (χ1n) is 3.86. The second-order valence-electron chi connectivity index (χ2n) is 2.43. The molecule has 0 unspecified atom stereocenters. The molecule has 0 fully saturated rings. The van der Waals surface area contributed by atoms with Gasteiger partial charge in [0, 0.05) is 11.6 Å². The van der Waals surface area contributed by atoms with Gasteiger partial charge in [-0.2, -0.15) is 0 Å². The molecule has 2 heteroatoms. The van der Waals surface area contributed by atoms with Crippen LogP contribution in [0.2, 0.25) is 0 Å². The van der Waals surface area contributed by atoms with E-state index < -0.39 is 0 Å². The van der Waals surface area contributed by atoms with Crippen molar-refractivity contribution in [3.63, 3.8) is 0 Å². The monoisotopic (exact) mass is 182 g/mol. The summed E-state index contributed by atoms with van der Waals surface area (Å²) in [6.45, 7) is 0.142. The van der Waals surface area contributed by atoms with Gasteiger partial charge < -0.3 is 5.11 Å². The van der Waals surface area contributed by atoms with Crippen molar-refractivity contribution >= 4 is 16.6 Å². The average Bonchev–Trinajstić information content (AvgIpc) is 2.15. The first kappa shape index (κ1) is 9.30. The lowest BCUT2D eigenvalue weighted by molar-refractivity contribution is 0.303. The summed E-state index contributed by atoms with van der Waals surface area (Å²) in [6.07, 6.45) is 2.42. The minimum Gasteiger partial charge on any atom is -0.396 e. The molecule has 0 bridgehead atoms. The highest BCUT2D eigenvalue weighted by atomic mass is 35.5. The number of rotatable bonds is 3. The van der Waals surface area contributed by atoms with E-state index in [9.17, 15) is 0 Å². The normalized spacial score (nSPS) is 11.7. The van der Waals surface area contributed by atoms with E-state index in [1.807, 2.05) is 36.4 Å². The smallest absolute Gasteiger partial charge is 0.0466 e. The molecule has 1 nitrogen and oxygen atoms in total. The summed E-state index contributed by atoms with van der Waals surface area (Å²) in [6, 6.07) is 9.70. The van der Waals surface area contributed by atoms with E-state index in [1.54, 1.807) is 0 Å². The van der Waals surface area contributed by atoms with Crippen molar-refractivity contribution in [1.82, 2.24) is 0 Å². The molecule has 0 radical (unpaired) electrons. The summed E-state index contributed by atoms with van der Waals surface area (Å²) in [5.41, 5.74) is 0.993. The fourth-order valence-corrected chi connectivity index (χ4v) is 1.14. The third kappa shape index (κ3) is 2.68. The molecule has 0 amide bonds. The Bertz CT molecular complexity index is 254. The van der Waals surface area contributed by atoms with Crippen LogP contribution in [0, 0.1) is 0 Å². The number of halogens is 1. The van der Waals surface area contributed by atoms with E-state index in [4.69, 9.17) is 16.7 Å². The van der Waals surface area contributed by atoms with Gasteiger partial charge >= 0.3 is 0 Å². The Morgan fingerprint density at radius 3 is 2.58 bits per heavy atom. The molecule has 0 aliphatic heterocycles. The van der Waals surface area contributed by atoms with E-state index in [0.29, 0.717) is 11.5 Å². The van der Waals surface area contributed by atoms with Crippen molar-refractivity contribution in [2.45, 2.75) is 6.42 Å². The highest BCUT2D eigenvalue weighted by Crippen LogP contribution is 2.18. The first-order chi connectivity index (χ1) is 5.84. The zero-order valence-electron chi connectivity index (χ0n) is 6.70. The molecule has 1 aromatic rings. The molecule has 0 aliphatic rings. The van der Waals surface area contributed by atoms with E-state index in [2.05, 4.69) is 0 Å². The van der Waals surface area contributed by atoms with Gasteiger partial charge in [0.2, 0.25) is 0 Å². The van der Waals surface area contributed by atoms with Gasteiger partial charge in [-0.15, -0.1) is 0 Å². The molecule has 0 spiro atoms. The fraction of sp³-hybridized carbons (Fsp3) is 0.200. The van der Waals surface area contributed by atoms with E-state index in [1.165, 1.54) is 0 Å². The SMILES string of the molecule is OCC/C=C(/Cl)c1ccccc1. The predicted octanol–water partition coefficient (Wildman–Crippen LogP) is 2.65. The lowest BCUT2D eigenvalue weighted by Gasteiger charge is -1.97. The fourth-order valence-electron chi connectivity index (χ4n) is 0.906. The summed E-state index contributed by atoms with van der Waals surface area (Å²) < 4.78 is 0. The lowest BCUT2D eigenvalue weighted by Crippen LogP contribution is -1.79. The lowest BCUT2D eigenvalue weighted by atomic mass is 10.2. The summed E-state index contributed by atoms with van der Waals surface area (Å²) in [5.74, 6) is 0. The molecule has 1 rings (SSSR count). The Morgan fingerprint density at radius 1 is 1.33 bits per heavy atom. The summed E-state index contributed by atoms with van der Waals surface area (Å²) in [5, 5.41) is 9.26. The van der Waals surface area contributed by atoms with Gasteiger partial charge in [-0.3, -0.25) is 0 Å². The number of hydrogen-bond donors (Lipinski definition) is 1. The van der Waals surface area contributed by atoms with Crippen LogP contribution in [0.25, 0.3) is 5.03 Å². The van der Waals surface area contributed by atoms with Crippen molar-refractivity contribution in [2.75, 3.05) is 6.61 Å². The van der Waals surface area contributed by atoms with Crippen LogP contribution >= 0.6 is 11.6 Å². The van der Waals surface area contributed by atoms with Crippen LogP contribution in [0.5, 0.6) is 0 Å². The molecule has 0 heterocycles. The second kappa shape index (κ2) is 4.96. The van der Waals surface area contributed by atoms with Crippen LogP contribution < -0.4 is 0 Å². The molecule has 0 aromatic heterocycles. The van der Waals surface area contributed by atoms with Crippen LogP contribution in [-0.4, -0.2) is 11.7 Å².